The molecule has 30 valence electrons. The van der Waals surface area contributed by atoms with Crippen molar-refractivity contribution in [2.45, 2.75) is 7.43 Å². The SMILES string of the molecule is B.C.O.[Fe]. The molecule has 3 heteroatoms. The maximum atomic E-state index is 0. The zero-order valence-electron chi connectivity index (χ0n) is 0.854. The molecule has 2 N–H and O–H groups in total. The molecule has 0 aromatic carbocycles. The molecular formula is CH9BFeO. The minimum atomic E-state index is 0. The van der Waals surface area contributed by atoms with Gasteiger partial charge in [0.15, 0.2) is 0 Å². The molecule has 0 heterocycles. The average Bonchev–Trinajstić information content (AvgIpc) is 0. The van der Waals surface area contributed by atoms with Gasteiger partial charge in [0, 0.05) is 17.1 Å². The molecule has 0 aliphatic heterocycles. The summed E-state index contributed by atoms with van der Waals surface area (Å²) in [7, 11) is 0. The van der Waals surface area contributed by atoms with Gasteiger partial charge >= 0.3 is 0 Å². The fourth-order valence-electron chi connectivity index (χ4n) is 0. The molecule has 0 atom stereocenters. The quantitative estimate of drug-likeness (QED) is 0.339. The Bertz CT molecular complexity index is 8.00. The van der Waals surface area contributed by atoms with E-state index < -0.39 is 0 Å². The first-order chi connectivity index (χ1) is 0. The van der Waals surface area contributed by atoms with Crippen LogP contribution in [-0.4, -0.2) is 13.9 Å². The molecule has 0 aliphatic carbocycles. The molecule has 0 unspecified atom stereocenters. The van der Waals surface area contributed by atoms with Crippen molar-refractivity contribution in [3.8, 4) is 0 Å². The van der Waals surface area contributed by atoms with Crippen molar-refractivity contribution in [2.24, 2.45) is 0 Å². The van der Waals surface area contributed by atoms with E-state index in [0.29, 0.717) is 0 Å². The van der Waals surface area contributed by atoms with Crippen LogP contribution in [0.4, 0.5) is 0 Å². The Morgan fingerprint density at radius 1 is 1.00 bits per heavy atom. The van der Waals surface area contributed by atoms with E-state index in [-0.39, 0.29) is 38.4 Å². The van der Waals surface area contributed by atoms with Crippen molar-refractivity contribution in [3.63, 3.8) is 0 Å². The van der Waals surface area contributed by atoms with Gasteiger partial charge in [0.05, 0.1) is 8.41 Å². The fraction of sp³-hybridized carbons (Fsp3) is 1.00. The Hall–Kier alpha value is 0.544. The van der Waals surface area contributed by atoms with Crippen molar-refractivity contribution < 1.29 is 22.5 Å². The van der Waals surface area contributed by atoms with E-state index in [1.165, 1.54) is 0 Å². The van der Waals surface area contributed by atoms with Gasteiger partial charge < -0.3 is 5.48 Å². The molecule has 4 heavy (non-hydrogen) atoms. The predicted molar refractivity (Wildman–Crippen MR) is 20.3 cm³/mol. The minimum Gasteiger partial charge on any atom is -0.412 e. The topological polar surface area (TPSA) is 31.5 Å². The fourth-order valence-corrected chi connectivity index (χ4v) is 0. The van der Waals surface area contributed by atoms with Gasteiger partial charge in [-0.1, -0.05) is 7.43 Å². The van der Waals surface area contributed by atoms with Crippen LogP contribution >= 0.6 is 0 Å². The van der Waals surface area contributed by atoms with Crippen LogP contribution in [0.5, 0.6) is 0 Å². The van der Waals surface area contributed by atoms with E-state index in [4.69, 9.17) is 0 Å². The minimum absolute atomic E-state index is 0. The van der Waals surface area contributed by atoms with Gasteiger partial charge in [-0.15, -0.1) is 0 Å². The molecular weight excluding hydrogens is 94.7 g/mol. The van der Waals surface area contributed by atoms with Gasteiger partial charge in [-0.25, -0.2) is 0 Å². The van der Waals surface area contributed by atoms with Crippen LogP contribution in [0.15, 0.2) is 0 Å². The van der Waals surface area contributed by atoms with Crippen LogP contribution in [0, 0.1) is 0 Å². The summed E-state index contributed by atoms with van der Waals surface area (Å²) in [5, 5.41) is 0. The predicted octanol–water partition coefficient (Wildman–Crippen LogP) is -1.38. The number of hydrogen-bond acceptors (Lipinski definition) is 0. The molecule has 0 spiro atoms. The Labute approximate surface area is 39.1 Å². The zero-order chi connectivity index (χ0) is 0. The largest absolute Gasteiger partial charge is 0.412 e. The van der Waals surface area contributed by atoms with Gasteiger partial charge in [0.1, 0.15) is 0 Å². The van der Waals surface area contributed by atoms with E-state index in [0.717, 1.165) is 0 Å². The molecule has 0 aliphatic rings. The zero-order valence-corrected chi connectivity index (χ0v) is 1.96. The molecule has 0 radical (unpaired) electrons. The summed E-state index contributed by atoms with van der Waals surface area (Å²) in [4.78, 5) is 0. The molecule has 0 bridgehead atoms. The van der Waals surface area contributed by atoms with Crippen LogP contribution in [0.25, 0.3) is 0 Å². The second kappa shape index (κ2) is 77.4. The van der Waals surface area contributed by atoms with Crippen LogP contribution < -0.4 is 0 Å². The maximum Gasteiger partial charge on any atom is 0.0814 e. The molecule has 0 amide bonds. The first-order valence-electron chi connectivity index (χ1n) is 0. The van der Waals surface area contributed by atoms with Crippen LogP contribution in [0.1, 0.15) is 7.43 Å². The van der Waals surface area contributed by atoms with E-state index in [1.807, 2.05) is 0 Å². The maximum absolute atomic E-state index is 0. The Morgan fingerprint density at radius 3 is 1.00 bits per heavy atom. The Kier molecular flexibility index (Phi) is 3730. The third-order valence-corrected chi connectivity index (χ3v) is 0. The Balaban J connectivity index is 0. The molecule has 0 rings (SSSR count). The average molecular weight is 104 g/mol. The summed E-state index contributed by atoms with van der Waals surface area (Å²) in [6.07, 6.45) is 0. The van der Waals surface area contributed by atoms with Crippen LogP contribution in [-0.2, 0) is 17.1 Å². The van der Waals surface area contributed by atoms with Crippen LogP contribution in [0.2, 0.25) is 0 Å². The standard InChI is InChI=1S/CH4.BH3.Fe.H2O/h1H4;1H3;;1H2. The first kappa shape index (κ1) is 193. The monoisotopic (exact) mass is 104 g/mol. The number of rotatable bonds is 0. The van der Waals surface area contributed by atoms with Gasteiger partial charge in [0.2, 0.25) is 0 Å². The summed E-state index contributed by atoms with van der Waals surface area (Å²) in [5.41, 5.74) is 0. The van der Waals surface area contributed by atoms with Crippen LogP contribution in [0.3, 0.4) is 0 Å². The third kappa shape index (κ3) is 20.5. The molecule has 0 aromatic heterocycles. The van der Waals surface area contributed by atoms with Crippen molar-refractivity contribution in [1.29, 1.82) is 0 Å². The molecule has 0 aromatic rings. The first-order valence-corrected chi connectivity index (χ1v) is 0. The number of hydrogen-bond donors (Lipinski definition) is 0. The second-order valence-electron chi connectivity index (χ2n) is 0. The van der Waals surface area contributed by atoms with E-state index in [2.05, 4.69) is 0 Å². The van der Waals surface area contributed by atoms with Gasteiger partial charge in [-0.05, 0) is 0 Å². The third-order valence-electron chi connectivity index (χ3n) is 0. The van der Waals surface area contributed by atoms with Gasteiger partial charge in [-0.2, -0.15) is 0 Å². The normalized spacial score (nSPS) is 0. The van der Waals surface area contributed by atoms with Crippen molar-refractivity contribution in [2.75, 3.05) is 0 Å². The summed E-state index contributed by atoms with van der Waals surface area (Å²) in [6, 6.07) is 0. The summed E-state index contributed by atoms with van der Waals surface area (Å²) < 4.78 is 0. The van der Waals surface area contributed by atoms with Gasteiger partial charge in [0.25, 0.3) is 0 Å². The van der Waals surface area contributed by atoms with Crippen molar-refractivity contribution in [3.05, 3.63) is 0 Å². The van der Waals surface area contributed by atoms with E-state index in [9.17, 15) is 0 Å². The molecule has 0 fully saturated rings. The Morgan fingerprint density at radius 2 is 1.00 bits per heavy atom. The van der Waals surface area contributed by atoms with E-state index >= 15 is 0 Å². The second-order valence-corrected chi connectivity index (χ2v) is 0. The van der Waals surface area contributed by atoms with E-state index in [1.54, 1.807) is 0 Å². The smallest absolute Gasteiger partial charge is 0.0814 e. The van der Waals surface area contributed by atoms with Crippen molar-refractivity contribution >= 4 is 8.41 Å². The summed E-state index contributed by atoms with van der Waals surface area (Å²) in [5.74, 6) is 0. The molecule has 1 nitrogen and oxygen atoms in total. The van der Waals surface area contributed by atoms with Crippen molar-refractivity contribution in [1.82, 2.24) is 0 Å². The summed E-state index contributed by atoms with van der Waals surface area (Å²) in [6.45, 7) is 0. The molecule has 0 saturated carbocycles. The van der Waals surface area contributed by atoms with Gasteiger partial charge in [-0.3, -0.25) is 0 Å². The summed E-state index contributed by atoms with van der Waals surface area (Å²) >= 11 is 0. The molecule has 0 saturated heterocycles.